The molecule has 0 unspecified atom stereocenters. The fraction of sp³-hybridized carbons (Fsp3) is 0.367. The van der Waals surface area contributed by atoms with Crippen LogP contribution in [-0.4, -0.2) is 79.5 Å². The van der Waals surface area contributed by atoms with Gasteiger partial charge >= 0.3 is 0 Å². The highest BCUT2D eigenvalue weighted by Gasteiger charge is 2.25. The van der Waals surface area contributed by atoms with Crippen LogP contribution in [0.5, 0.6) is 5.75 Å². The quantitative estimate of drug-likeness (QED) is 0.250. The molecule has 1 amide bonds. The van der Waals surface area contributed by atoms with Gasteiger partial charge in [0.1, 0.15) is 10.3 Å². The molecule has 0 bridgehead atoms. The molecule has 5 rings (SSSR count). The summed E-state index contributed by atoms with van der Waals surface area (Å²) in [6, 6.07) is 16.4. The van der Waals surface area contributed by atoms with Gasteiger partial charge in [0.25, 0.3) is 11.5 Å². The zero-order valence-corrected chi connectivity index (χ0v) is 22.6. The van der Waals surface area contributed by atoms with Gasteiger partial charge in [0.05, 0.1) is 23.9 Å². The number of fused-ring (bicyclic) bond motifs is 3. The molecule has 0 aliphatic carbocycles. The van der Waals surface area contributed by atoms with Crippen LogP contribution in [0, 0.1) is 0 Å². The zero-order valence-electron chi connectivity index (χ0n) is 21.7. The average Bonchev–Trinajstić information content (AvgIpc) is 3.35. The predicted molar refractivity (Wildman–Crippen MR) is 159 cm³/mol. The summed E-state index contributed by atoms with van der Waals surface area (Å²) in [5.41, 5.74) is 0.847. The van der Waals surface area contributed by atoms with Crippen LogP contribution in [0.4, 0.5) is 0 Å². The molecule has 1 aliphatic heterocycles. The molecule has 0 saturated carbocycles. The largest absolute Gasteiger partial charge is 0.494 e. The van der Waals surface area contributed by atoms with E-state index in [-0.39, 0.29) is 37.0 Å². The van der Waals surface area contributed by atoms with Crippen molar-refractivity contribution in [2.75, 3.05) is 53.4 Å². The summed E-state index contributed by atoms with van der Waals surface area (Å²) < 4.78 is 7.82. The number of thiophene rings is 1. The van der Waals surface area contributed by atoms with Gasteiger partial charge in [0.2, 0.25) is 0 Å². The molecule has 3 heterocycles. The van der Waals surface area contributed by atoms with Crippen molar-refractivity contribution < 1.29 is 14.3 Å². The van der Waals surface area contributed by atoms with E-state index in [2.05, 4.69) is 22.2 Å². The molecule has 2 aromatic carbocycles. The fourth-order valence-corrected chi connectivity index (χ4v) is 6.17. The van der Waals surface area contributed by atoms with Crippen LogP contribution >= 0.6 is 11.3 Å². The number of nitrogens with one attached hydrogen (secondary N) is 1. The van der Waals surface area contributed by atoms with E-state index in [0.717, 1.165) is 44.5 Å². The molecule has 8 nitrogen and oxygen atoms in total. The summed E-state index contributed by atoms with van der Waals surface area (Å²) in [6.45, 7) is 5.58. The van der Waals surface area contributed by atoms with Crippen molar-refractivity contribution in [3.05, 3.63) is 75.4 Å². The van der Waals surface area contributed by atoms with Crippen LogP contribution in [0.1, 0.15) is 33.9 Å². The van der Waals surface area contributed by atoms with Crippen LogP contribution in [0.25, 0.3) is 21.0 Å². The maximum Gasteiger partial charge on any atom is 0.265 e. The number of hydrogen-bond donors (Lipinski definition) is 1. The van der Waals surface area contributed by atoms with Crippen molar-refractivity contribution in [1.29, 1.82) is 0 Å². The molecule has 9 heteroatoms. The number of ketones is 1. The number of ether oxygens (including phenoxy) is 1. The lowest BCUT2D eigenvalue weighted by molar-refractivity contribution is 0.0948. The van der Waals surface area contributed by atoms with Gasteiger partial charge in [-0.1, -0.05) is 56.0 Å². The van der Waals surface area contributed by atoms with Crippen LogP contribution in [0.3, 0.4) is 0 Å². The van der Waals surface area contributed by atoms with Gasteiger partial charge in [-0.3, -0.25) is 19.0 Å². The van der Waals surface area contributed by atoms with E-state index < -0.39 is 0 Å². The van der Waals surface area contributed by atoms with Crippen molar-refractivity contribution in [1.82, 2.24) is 19.7 Å². The second-order valence-corrected chi connectivity index (χ2v) is 10.6. The first-order chi connectivity index (χ1) is 18.5. The van der Waals surface area contributed by atoms with Gasteiger partial charge in [-0.15, -0.1) is 11.3 Å². The number of rotatable bonds is 9. The van der Waals surface area contributed by atoms with Crippen LogP contribution in [0.2, 0.25) is 0 Å². The minimum absolute atomic E-state index is 0. The third-order valence-corrected chi connectivity index (χ3v) is 8.31. The summed E-state index contributed by atoms with van der Waals surface area (Å²) in [7, 11) is 3.61. The number of piperazine rings is 1. The summed E-state index contributed by atoms with van der Waals surface area (Å²) in [5, 5.41) is 4.15. The summed E-state index contributed by atoms with van der Waals surface area (Å²) in [6.07, 6.45) is 0.847. The molecule has 206 valence electrons. The number of pyridine rings is 1. The van der Waals surface area contributed by atoms with Crippen LogP contribution in [-0.2, 0) is 6.54 Å². The Morgan fingerprint density at radius 3 is 2.41 bits per heavy atom. The Balaban J connectivity index is 0.00000353. The van der Waals surface area contributed by atoms with Gasteiger partial charge in [-0.05, 0) is 26.1 Å². The Labute approximate surface area is 232 Å². The highest BCUT2D eigenvalue weighted by Crippen LogP contribution is 2.39. The Kier molecular flexibility index (Phi) is 9.16. The number of carbonyl (C=O) groups is 2. The third-order valence-electron chi connectivity index (χ3n) is 7.10. The second-order valence-electron chi connectivity index (χ2n) is 9.62. The number of nitrogens with zero attached hydrogens (tertiary/aromatic N) is 3. The predicted octanol–water partition coefficient (Wildman–Crippen LogP) is 4.11. The second kappa shape index (κ2) is 12.5. The molecule has 0 radical (unpaired) electrons. The van der Waals surface area contributed by atoms with Gasteiger partial charge in [-0.25, -0.2) is 0 Å². The number of amides is 1. The number of para-hydroxylation sites is 1. The molecular weight excluding hydrogens is 512 g/mol. The highest BCUT2D eigenvalue weighted by molar-refractivity contribution is 7.22. The normalized spacial score (nSPS) is 14.3. The van der Waals surface area contributed by atoms with Crippen molar-refractivity contribution in [2.45, 2.75) is 20.4 Å². The van der Waals surface area contributed by atoms with Gasteiger partial charge < -0.3 is 19.9 Å². The Morgan fingerprint density at radius 1 is 1.00 bits per heavy atom. The van der Waals surface area contributed by atoms with E-state index in [1.165, 1.54) is 23.0 Å². The molecule has 4 aromatic rings. The highest BCUT2D eigenvalue weighted by atomic mass is 32.1. The number of carbonyl (C=O) groups excluding carboxylic acids is 2. The van der Waals surface area contributed by atoms with Crippen molar-refractivity contribution in [3.8, 4) is 5.75 Å². The van der Waals surface area contributed by atoms with E-state index in [1.807, 2.05) is 30.3 Å². The number of hydrogen-bond acceptors (Lipinski definition) is 7. The smallest absolute Gasteiger partial charge is 0.265 e. The molecule has 2 aromatic heterocycles. The third kappa shape index (κ3) is 5.90. The molecule has 1 fully saturated rings. The van der Waals surface area contributed by atoms with Crippen molar-refractivity contribution in [3.63, 3.8) is 0 Å². The molecule has 1 aliphatic rings. The maximum absolute atomic E-state index is 13.8. The van der Waals surface area contributed by atoms with Gasteiger partial charge in [0, 0.05) is 43.7 Å². The first-order valence-electron chi connectivity index (χ1n) is 12.9. The minimum Gasteiger partial charge on any atom is -0.494 e. The number of Topliss-reactive ketones (excluding diaryl/α,β-unsaturated/α-hetero) is 1. The number of methoxy groups -OCH3 is 1. The lowest BCUT2D eigenvalue weighted by Gasteiger charge is -2.32. The fourth-order valence-electron chi connectivity index (χ4n) is 4.96. The SMILES string of the molecule is C.COc1c(C(=O)NCCCN2CCN(C)CC2)sc2c1c(=O)n(CC(=O)c1ccccc1)c1ccccc21. The first kappa shape index (κ1) is 28.5. The van der Waals surface area contributed by atoms with E-state index >= 15 is 0 Å². The molecule has 0 spiro atoms. The van der Waals surface area contributed by atoms with Crippen molar-refractivity contribution in [2.24, 2.45) is 0 Å². The molecule has 1 N–H and O–H groups in total. The molecular formula is C30H36N4O4S. The topological polar surface area (TPSA) is 83.9 Å². The van der Waals surface area contributed by atoms with Crippen LogP contribution in [0.15, 0.2) is 59.4 Å². The minimum atomic E-state index is -0.342. The standard InChI is InChI=1S/C29H32N4O4S.CH4/c1-31-15-17-32(18-16-31)14-8-13-30-28(35)27-25(37-2)24-26(38-27)21-11-6-7-12-22(21)33(29(24)36)19-23(34)20-9-4-3-5-10-20;/h3-7,9-12H,8,13-19H2,1-2H3,(H,30,35);1H4. The van der Waals surface area contributed by atoms with Gasteiger partial charge in [-0.2, -0.15) is 0 Å². The summed E-state index contributed by atoms with van der Waals surface area (Å²) in [4.78, 5) is 45.1. The summed E-state index contributed by atoms with van der Waals surface area (Å²) in [5.74, 6) is -0.153. The number of likely N-dealkylation sites (N-methyl/N-ethyl adjacent to an activating group) is 1. The van der Waals surface area contributed by atoms with Gasteiger partial charge in [0.15, 0.2) is 11.5 Å². The Bertz CT molecular complexity index is 1520. The Morgan fingerprint density at radius 2 is 1.69 bits per heavy atom. The van der Waals surface area contributed by atoms with E-state index in [4.69, 9.17) is 4.74 Å². The average molecular weight is 549 g/mol. The van der Waals surface area contributed by atoms with Crippen LogP contribution < -0.4 is 15.6 Å². The Hall–Kier alpha value is -3.53. The van der Waals surface area contributed by atoms with E-state index in [0.29, 0.717) is 32.6 Å². The zero-order chi connectivity index (χ0) is 26.6. The monoisotopic (exact) mass is 548 g/mol. The molecule has 1 saturated heterocycles. The lowest BCUT2D eigenvalue weighted by Crippen LogP contribution is -2.45. The van der Waals surface area contributed by atoms with E-state index in [1.54, 1.807) is 24.3 Å². The maximum atomic E-state index is 13.8. The molecule has 39 heavy (non-hydrogen) atoms. The first-order valence-corrected chi connectivity index (χ1v) is 13.7. The van der Waals surface area contributed by atoms with Crippen molar-refractivity contribution >= 4 is 44.0 Å². The number of aromatic nitrogens is 1. The van der Waals surface area contributed by atoms with E-state index in [9.17, 15) is 14.4 Å². The summed E-state index contributed by atoms with van der Waals surface area (Å²) >= 11 is 1.26. The molecule has 0 atom stereocenters. The lowest BCUT2D eigenvalue weighted by atomic mass is 10.1. The number of benzene rings is 2.